The van der Waals surface area contributed by atoms with Crippen LogP contribution in [0.2, 0.25) is 0 Å². The van der Waals surface area contributed by atoms with Gasteiger partial charge in [0.25, 0.3) is 0 Å². The van der Waals surface area contributed by atoms with Gasteiger partial charge in [-0.1, -0.05) is 141 Å². The van der Waals surface area contributed by atoms with Crippen LogP contribution in [-0.4, -0.2) is 68.6 Å². The zero-order valence-electron chi connectivity index (χ0n) is 35.5. The first-order valence-corrected chi connectivity index (χ1v) is 22.5. The highest BCUT2D eigenvalue weighted by atomic mass is 16.7. The quantitative estimate of drug-likeness (QED) is 0.0267. The summed E-state index contributed by atoms with van der Waals surface area (Å²) < 4.78 is 22.9. The molecule has 314 valence electrons. The van der Waals surface area contributed by atoms with Gasteiger partial charge < -0.3 is 23.8 Å². The number of carbonyl (C=O) groups excluding carboxylic acids is 3. The van der Waals surface area contributed by atoms with Crippen molar-refractivity contribution in [3.8, 4) is 0 Å². The highest BCUT2D eigenvalue weighted by molar-refractivity contribution is 5.71. The molecule has 0 aromatic carbocycles. The van der Waals surface area contributed by atoms with E-state index in [1.54, 1.807) is 0 Å². The maximum atomic E-state index is 12.8. The second-order valence-electron chi connectivity index (χ2n) is 15.8. The van der Waals surface area contributed by atoms with E-state index >= 15 is 0 Å². The van der Waals surface area contributed by atoms with Gasteiger partial charge in [-0.3, -0.25) is 14.4 Å². The van der Waals surface area contributed by atoms with Crippen LogP contribution in [0.4, 0.5) is 0 Å². The molecule has 1 rings (SSSR count). The van der Waals surface area contributed by atoms with Gasteiger partial charge >= 0.3 is 17.9 Å². The Bertz CT molecular complexity index is 903. The van der Waals surface area contributed by atoms with Crippen molar-refractivity contribution in [2.75, 3.05) is 27.2 Å². The normalized spacial score (nSPS) is 17.2. The molecule has 1 heterocycles. The number of nitrogens with zero attached hydrogens (tertiary/aromatic N) is 1. The van der Waals surface area contributed by atoms with Crippen molar-refractivity contribution in [3.05, 3.63) is 24.3 Å². The number of rotatable bonds is 37. The first-order valence-electron chi connectivity index (χ1n) is 22.5. The monoisotopic (exact) mass is 762 g/mol. The Kier molecular flexibility index (Phi) is 33.6. The molecule has 0 aliphatic carbocycles. The van der Waals surface area contributed by atoms with Crippen LogP contribution in [0.25, 0.3) is 0 Å². The second kappa shape index (κ2) is 36.4. The Morgan fingerprint density at radius 2 is 0.944 bits per heavy atom. The molecule has 0 amide bonds. The van der Waals surface area contributed by atoms with Crippen LogP contribution in [0, 0.1) is 0 Å². The van der Waals surface area contributed by atoms with E-state index in [1.807, 2.05) is 19.0 Å². The topological polar surface area (TPSA) is 91.4 Å². The van der Waals surface area contributed by atoms with Crippen LogP contribution in [0.5, 0.6) is 0 Å². The molecule has 1 unspecified atom stereocenters. The van der Waals surface area contributed by atoms with Crippen molar-refractivity contribution in [2.24, 2.45) is 0 Å². The molecule has 1 fully saturated rings. The summed E-state index contributed by atoms with van der Waals surface area (Å²) in [6.45, 7) is 5.15. The lowest BCUT2D eigenvalue weighted by Crippen LogP contribution is -2.31. The van der Waals surface area contributed by atoms with Crippen molar-refractivity contribution in [1.29, 1.82) is 0 Å². The minimum atomic E-state index is -0.982. The summed E-state index contributed by atoms with van der Waals surface area (Å²) in [6.07, 6.45) is 39.5. The number of ether oxygens (including phenoxy) is 4. The molecule has 8 nitrogen and oxygen atoms in total. The smallest absolute Gasteiger partial charge is 0.308 e. The number of carbonyl (C=O) groups is 3. The molecule has 0 saturated carbocycles. The molecule has 3 atom stereocenters. The van der Waals surface area contributed by atoms with Crippen molar-refractivity contribution in [3.63, 3.8) is 0 Å². The molecule has 8 heteroatoms. The Labute approximate surface area is 331 Å². The molecule has 0 aromatic rings. The van der Waals surface area contributed by atoms with Gasteiger partial charge in [-0.05, 0) is 78.3 Å². The third-order valence-corrected chi connectivity index (χ3v) is 10.1. The molecule has 0 radical (unpaired) electrons. The van der Waals surface area contributed by atoms with Crippen LogP contribution in [0.1, 0.15) is 206 Å². The average molecular weight is 762 g/mol. The van der Waals surface area contributed by atoms with E-state index in [0.717, 1.165) is 64.2 Å². The van der Waals surface area contributed by atoms with E-state index in [-0.39, 0.29) is 30.9 Å². The fraction of sp³-hybridized carbons (Fsp3) is 0.848. The third-order valence-electron chi connectivity index (χ3n) is 10.1. The minimum Gasteiger partial charge on any atom is -0.463 e. The van der Waals surface area contributed by atoms with E-state index in [4.69, 9.17) is 18.9 Å². The van der Waals surface area contributed by atoms with Gasteiger partial charge in [-0.25, -0.2) is 0 Å². The highest BCUT2D eigenvalue weighted by Crippen LogP contribution is 2.26. The number of unbranched alkanes of at least 4 members (excludes halogenated alkanes) is 22. The van der Waals surface area contributed by atoms with Crippen LogP contribution < -0.4 is 0 Å². The molecular weight excluding hydrogens is 679 g/mol. The summed E-state index contributed by atoms with van der Waals surface area (Å²) in [7, 11) is 3.80. The minimum absolute atomic E-state index is 0.0385. The zero-order chi connectivity index (χ0) is 39.3. The summed E-state index contributed by atoms with van der Waals surface area (Å²) in [4.78, 5) is 39.7. The summed E-state index contributed by atoms with van der Waals surface area (Å²) in [5.41, 5.74) is 0. The Morgan fingerprint density at radius 1 is 0.537 bits per heavy atom. The first-order chi connectivity index (χ1) is 26.3. The largest absolute Gasteiger partial charge is 0.463 e. The van der Waals surface area contributed by atoms with Gasteiger partial charge in [0.2, 0.25) is 6.29 Å². The summed E-state index contributed by atoms with van der Waals surface area (Å²) in [6, 6.07) is 0. The van der Waals surface area contributed by atoms with Gasteiger partial charge in [0, 0.05) is 25.8 Å². The maximum Gasteiger partial charge on any atom is 0.308 e. The fourth-order valence-corrected chi connectivity index (χ4v) is 6.69. The molecule has 0 aromatic heterocycles. The van der Waals surface area contributed by atoms with Gasteiger partial charge in [0.05, 0.1) is 12.5 Å². The highest BCUT2D eigenvalue weighted by Gasteiger charge is 2.41. The maximum absolute atomic E-state index is 12.8. The molecule has 1 aliphatic heterocycles. The SMILES string of the molecule is CCCCCCCC/C=C\CCCCCCCC(=O)OC1C[C@@H](COC(=O)CCN(C)C)O[C@H]1OC(=O)CCCCCCC/C=C\CCCCCCCC. The van der Waals surface area contributed by atoms with Gasteiger partial charge in [0.15, 0.2) is 6.10 Å². The Morgan fingerprint density at radius 3 is 1.39 bits per heavy atom. The predicted octanol–water partition coefficient (Wildman–Crippen LogP) is 12.1. The number of esters is 3. The molecule has 0 N–H and O–H groups in total. The van der Waals surface area contributed by atoms with E-state index in [0.29, 0.717) is 25.8 Å². The van der Waals surface area contributed by atoms with E-state index in [2.05, 4.69) is 38.2 Å². The van der Waals surface area contributed by atoms with Crippen LogP contribution in [0.15, 0.2) is 24.3 Å². The lowest BCUT2D eigenvalue weighted by Gasteiger charge is -2.19. The lowest BCUT2D eigenvalue weighted by atomic mass is 10.1. The van der Waals surface area contributed by atoms with Gasteiger partial charge in [-0.15, -0.1) is 0 Å². The lowest BCUT2D eigenvalue weighted by molar-refractivity contribution is -0.199. The predicted molar refractivity (Wildman–Crippen MR) is 222 cm³/mol. The summed E-state index contributed by atoms with van der Waals surface area (Å²) in [5.74, 6) is -0.961. The molecule has 1 aliphatic rings. The van der Waals surface area contributed by atoms with E-state index < -0.39 is 18.5 Å². The van der Waals surface area contributed by atoms with Crippen molar-refractivity contribution < 1.29 is 33.3 Å². The number of hydrogen-bond donors (Lipinski definition) is 0. The number of allylic oxidation sites excluding steroid dienone is 4. The Balaban J connectivity index is 2.31. The second-order valence-corrected chi connectivity index (χ2v) is 15.8. The van der Waals surface area contributed by atoms with Crippen LogP contribution in [0.3, 0.4) is 0 Å². The van der Waals surface area contributed by atoms with Gasteiger partial charge in [-0.2, -0.15) is 0 Å². The third kappa shape index (κ3) is 31.1. The van der Waals surface area contributed by atoms with Gasteiger partial charge in [0.1, 0.15) is 6.61 Å². The van der Waals surface area contributed by atoms with Crippen LogP contribution in [-0.2, 0) is 33.3 Å². The summed E-state index contributed by atoms with van der Waals surface area (Å²) >= 11 is 0. The average Bonchev–Trinajstić information content (AvgIpc) is 3.52. The van der Waals surface area contributed by atoms with E-state index in [1.165, 1.54) is 103 Å². The molecule has 54 heavy (non-hydrogen) atoms. The number of hydrogen-bond acceptors (Lipinski definition) is 8. The van der Waals surface area contributed by atoms with Crippen molar-refractivity contribution >= 4 is 17.9 Å². The zero-order valence-corrected chi connectivity index (χ0v) is 35.5. The standard InChI is InChI=1S/C46H83NO7/c1-5-7-9-11-13-15-17-19-21-23-25-27-29-31-33-35-44(49)53-42-39-41(40-51-43(48)37-38-47(3)4)52-46(42)54-45(50)36-34-32-30-28-26-24-22-20-18-16-14-12-10-8-6-2/h19-22,41-42,46H,5-18,23-40H2,1-4H3/b21-19-,22-20-/t41-,42?,46-/m0/s1. The van der Waals surface area contributed by atoms with E-state index in [9.17, 15) is 14.4 Å². The fourth-order valence-electron chi connectivity index (χ4n) is 6.69. The molecule has 1 saturated heterocycles. The Hall–Kier alpha value is -2.19. The molecule has 0 bridgehead atoms. The molecule has 0 spiro atoms. The summed E-state index contributed by atoms with van der Waals surface area (Å²) in [5, 5.41) is 0. The van der Waals surface area contributed by atoms with Crippen LogP contribution >= 0.6 is 0 Å². The first kappa shape index (κ1) is 49.8. The van der Waals surface area contributed by atoms with Crippen molar-refractivity contribution in [1.82, 2.24) is 4.90 Å². The molecular formula is C46H83NO7. The van der Waals surface area contributed by atoms with Crippen molar-refractivity contribution in [2.45, 2.75) is 225 Å².